The summed E-state index contributed by atoms with van der Waals surface area (Å²) >= 11 is 0. The molecule has 1 fully saturated rings. The Morgan fingerprint density at radius 3 is 2.82 bits per heavy atom. The SMILES string of the molecule is CN(C)CC(O)C1CCCO1. The first-order valence-corrected chi connectivity index (χ1v) is 4.14. The molecule has 2 unspecified atom stereocenters. The van der Waals surface area contributed by atoms with Gasteiger partial charge in [0.2, 0.25) is 0 Å². The number of hydrogen-bond donors (Lipinski definition) is 1. The fourth-order valence-electron chi connectivity index (χ4n) is 1.40. The zero-order chi connectivity index (χ0) is 8.27. The molecule has 0 aromatic heterocycles. The van der Waals surface area contributed by atoms with Gasteiger partial charge in [0.25, 0.3) is 0 Å². The summed E-state index contributed by atoms with van der Waals surface area (Å²) in [4.78, 5) is 1.98. The number of aliphatic hydroxyl groups excluding tert-OH is 1. The third kappa shape index (κ3) is 2.77. The van der Waals surface area contributed by atoms with Gasteiger partial charge in [-0.25, -0.2) is 0 Å². The van der Waals surface area contributed by atoms with Crippen molar-refractivity contribution in [3.05, 3.63) is 0 Å². The van der Waals surface area contributed by atoms with E-state index >= 15 is 0 Å². The quantitative estimate of drug-likeness (QED) is 0.633. The second-order valence-corrected chi connectivity index (χ2v) is 3.38. The van der Waals surface area contributed by atoms with Crippen LogP contribution in [-0.4, -0.2) is 49.5 Å². The molecule has 1 saturated heterocycles. The minimum atomic E-state index is -0.313. The average molecular weight is 159 g/mol. The molecule has 3 nitrogen and oxygen atoms in total. The van der Waals surface area contributed by atoms with Crippen molar-refractivity contribution in [1.82, 2.24) is 4.90 Å². The van der Waals surface area contributed by atoms with E-state index in [1.807, 2.05) is 19.0 Å². The van der Waals surface area contributed by atoms with Crippen molar-refractivity contribution >= 4 is 0 Å². The lowest BCUT2D eigenvalue weighted by Gasteiger charge is -2.20. The summed E-state index contributed by atoms with van der Waals surface area (Å²) in [5.41, 5.74) is 0. The smallest absolute Gasteiger partial charge is 0.0928 e. The maximum Gasteiger partial charge on any atom is 0.0928 e. The zero-order valence-corrected chi connectivity index (χ0v) is 7.29. The van der Waals surface area contributed by atoms with E-state index in [-0.39, 0.29) is 12.2 Å². The van der Waals surface area contributed by atoms with Crippen molar-refractivity contribution in [2.75, 3.05) is 27.2 Å². The van der Waals surface area contributed by atoms with E-state index in [4.69, 9.17) is 4.74 Å². The van der Waals surface area contributed by atoms with Crippen LogP contribution in [0.1, 0.15) is 12.8 Å². The van der Waals surface area contributed by atoms with Crippen molar-refractivity contribution in [2.45, 2.75) is 25.0 Å². The molecule has 0 saturated carbocycles. The standard InChI is InChI=1S/C8H17NO2/c1-9(2)6-7(10)8-4-3-5-11-8/h7-8,10H,3-6H2,1-2H3. The summed E-state index contributed by atoms with van der Waals surface area (Å²) in [6, 6.07) is 0. The Morgan fingerprint density at radius 1 is 1.64 bits per heavy atom. The summed E-state index contributed by atoms with van der Waals surface area (Å²) in [6.45, 7) is 1.51. The topological polar surface area (TPSA) is 32.7 Å². The van der Waals surface area contributed by atoms with E-state index in [0.29, 0.717) is 6.54 Å². The molecule has 1 aliphatic heterocycles. The first-order valence-electron chi connectivity index (χ1n) is 4.14. The molecule has 0 radical (unpaired) electrons. The maximum absolute atomic E-state index is 9.55. The van der Waals surface area contributed by atoms with Crippen molar-refractivity contribution in [2.24, 2.45) is 0 Å². The molecule has 0 spiro atoms. The predicted molar refractivity (Wildman–Crippen MR) is 43.5 cm³/mol. The molecule has 11 heavy (non-hydrogen) atoms. The van der Waals surface area contributed by atoms with E-state index < -0.39 is 0 Å². The average Bonchev–Trinajstić information content (AvgIpc) is 2.35. The van der Waals surface area contributed by atoms with Gasteiger partial charge in [0, 0.05) is 13.2 Å². The molecule has 0 aliphatic carbocycles. The van der Waals surface area contributed by atoms with Crippen LogP contribution in [0.4, 0.5) is 0 Å². The van der Waals surface area contributed by atoms with Crippen molar-refractivity contribution in [3.8, 4) is 0 Å². The van der Waals surface area contributed by atoms with Gasteiger partial charge in [-0.3, -0.25) is 0 Å². The molecule has 0 bridgehead atoms. The summed E-state index contributed by atoms with van der Waals surface area (Å²) in [5.74, 6) is 0. The Hall–Kier alpha value is -0.120. The van der Waals surface area contributed by atoms with Crippen LogP contribution in [0, 0.1) is 0 Å². The summed E-state index contributed by atoms with van der Waals surface area (Å²) in [5, 5.41) is 9.55. The Balaban J connectivity index is 2.22. The molecule has 1 N–H and O–H groups in total. The molecular formula is C8H17NO2. The molecule has 1 heterocycles. The number of hydrogen-bond acceptors (Lipinski definition) is 3. The maximum atomic E-state index is 9.55. The lowest BCUT2D eigenvalue weighted by atomic mass is 10.1. The van der Waals surface area contributed by atoms with Gasteiger partial charge < -0.3 is 14.7 Å². The van der Waals surface area contributed by atoms with Crippen molar-refractivity contribution in [3.63, 3.8) is 0 Å². The number of nitrogens with zero attached hydrogens (tertiary/aromatic N) is 1. The molecule has 2 atom stereocenters. The summed E-state index contributed by atoms with van der Waals surface area (Å²) in [6.07, 6.45) is 1.87. The summed E-state index contributed by atoms with van der Waals surface area (Å²) in [7, 11) is 3.91. The number of rotatable bonds is 3. The van der Waals surface area contributed by atoms with Gasteiger partial charge in [0.05, 0.1) is 12.2 Å². The summed E-state index contributed by atoms with van der Waals surface area (Å²) < 4.78 is 5.34. The number of likely N-dealkylation sites (N-methyl/N-ethyl adjacent to an activating group) is 1. The minimum Gasteiger partial charge on any atom is -0.389 e. The van der Waals surface area contributed by atoms with Crippen LogP contribution < -0.4 is 0 Å². The molecule has 0 aromatic carbocycles. The molecule has 0 aromatic rings. The van der Waals surface area contributed by atoms with Gasteiger partial charge in [-0.05, 0) is 26.9 Å². The van der Waals surface area contributed by atoms with Crippen molar-refractivity contribution < 1.29 is 9.84 Å². The van der Waals surface area contributed by atoms with Gasteiger partial charge in [-0.15, -0.1) is 0 Å². The Kier molecular flexibility index (Phi) is 3.30. The van der Waals surface area contributed by atoms with Crippen LogP contribution >= 0.6 is 0 Å². The van der Waals surface area contributed by atoms with Crippen molar-refractivity contribution in [1.29, 1.82) is 0 Å². The number of aliphatic hydroxyl groups is 1. The van der Waals surface area contributed by atoms with Gasteiger partial charge in [-0.2, -0.15) is 0 Å². The highest BCUT2D eigenvalue weighted by Gasteiger charge is 2.23. The van der Waals surface area contributed by atoms with Crippen LogP contribution in [0.15, 0.2) is 0 Å². The molecule has 0 amide bonds. The highest BCUT2D eigenvalue weighted by Crippen LogP contribution is 2.15. The fraction of sp³-hybridized carbons (Fsp3) is 1.00. The molecule has 1 aliphatic rings. The molecule has 1 rings (SSSR count). The van der Waals surface area contributed by atoms with E-state index in [1.54, 1.807) is 0 Å². The highest BCUT2D eigenvalue weighted by molar-refractivity contribution is 4.74. The first kappa shape index (κ1) is 8.97. The third-order valence-corrected chi connectivity index (χ3v) is 1.95. The third-order valence-electron chi connectivity index (χ3n) is 1.95. The van der Waals surface area contributed by atoms with Gasteiger partial charge >= 0.3 is 0 Å². The van der Waals surface area contributed by atoms with E-state index in [1.165, 1.54) is 0 Å². The predicted octanol–water partition coefficient (Wildman–Crippen LogP) is 0.0879. The molecular weight excluding hydrogens is 142 g/mol. The van der Waals surface area contributed by atoms with Crippen LogP contribution in [0.2, 0.25) is 0 Å². The minimum absolute atomic E-state index is 0.0809. The number of ether oxygens (including phenoxy) is 1. The second kappa shape index (κ2) is 4.04. The largest absolute Gasteiger partial charge is 0.389 e. The van der Waals surface area contributed by atoms with Crippen LogP contribution in [0.3, 0.4) is 0 Å². The van der Waals surface area contributed by atoms with Crippen LogP contribution in [0.25, 0.3) is 0 Å². The molecule has 66 valence electrons. The fourth-order valence-corrected chi connectivity index (χ4v) is 1.40. The zero-order valence-electron chi connectivity index (χ0n) is 7.29. The Bertz CT molecular complexity index is 111. The lowest BCUT2D eigenvalue weighted by molar-refractivity contribution is -0.0122. The Morgan fingerprint density at radius 2 is 2.36 bits per heavy atom. The van der Waals surface area contributed by atoms with Gasteiger partial charge in [-0.1, -0.05) is 0 Å². The van der Waals surface area contributed by atoms with E-state index in [2.05, 4.69) is 0 Å². The normalized spacial score (nSPS) is 27.8. The highest BCUT2D eigenvalue weighted by atomic mass is 16.5. The lowest BCUT2D eigenvalue weighted by Crippen LogP contribution is -2.35. The van der Waals surface area contributed by atoms with E-state index in [9.17, 15) is 5.11 Å². The first-order chi connectivity index (χ1) is 5.20. The molecule has 3 heteroatoms. The second-order valence-electron chi connectivity index (χ2n) is 3.38. The van der Waals surface area contributed by atoms with Gasteiger partial charge in [0.1, 0.15) is 0 Å². The monoisotopic (exact) mass is 159 g/mol. The van der Waals surface area contributed by atoms with Gasteiger partial charge in [0.15, 0.2) is 0 Å². The van der Waals surface area contributed by atoms with E-state index in [0.717, 1.165) is 19.4 Å². The van der Waals surface area contributed by atoms with Crippen LogP contribution in [-0.2, 0) is 4.74 Å². The Labute approximate surface area is 68.0 Å². The van der Waals surface area contributed by atoms with Crippen LogP contribution in [0.5, 0.6) is 0 Å².